The highest BCUT2D eigenvalue weighted by atomic mass is 35.5. The van der Waals surface area contributed by atoms with Crippen molar-refractivity contribution in [2.24, 2.45) is 23.5 Å². The van der Waals surface area contributed by atoms with Gasteiger partial charge in [0.2, 0.25) is 0 Å². The molecule has 0 spiro atoms. The van der Waals surface area contributed by atoms with Gasteiger partial charge < -0.3 is 5.73 Å². The van der Waals surface area contributed by atoms with Crippen molar-refractivity contribution in [3.05, 3.63) is 33.8 Å². The Bertz CT molecular complexity index is 409. The lowest BCUT2D eigenvalue weighted by Gasteiger charge is -2.35. The van der Waals surface area contributed by atoms with Crippen LogP contribution in [0.1, 0.15) is 44.7 Å². The van der Waals surface area contributed by atoms with Crippen molar-refractivity contribution in [2.45, 2.75) is 39.2 Å². The van der Waals surface area contributed by atoms with Crippen molar-refractivity contribution in [3.63, 3.8) is 0 Å². The lowest BCUT2D eigenvalue weighted by molar-refractivity contribution is 0.193. The molecule has 2 rings (SSSR count). The van der Waals surface area contributed by atoms with E-state index in [1.165, 1.54) is 19.3 Å². The molecule has 3 unspecified atom stereocenters. The smallest absolute Gasteiger partial charge is 0.0595 e. The van der Waals surface area contributed by atoms with Crippen LogP contribution in [0.4, 0.5) is 0 Å². The van der Waals surface area contributed by atoms with Crippen molar-refractivity contribution >= 4 is 23.2 Å². The largest absolute Gasteiger partial charge is 0.324 e. The van der Waals surface area contributed by atoms with Gasteiger partial charge in [-0.1, -0.05) is 43.1 Å². The van der Waals surface area contributed by atoms with Gasteiger partial charge in [-0.3, -0.25) is 0 Å². The summed E-state index contributed by atoms with van der Waals surface area (Å²) < 4.78 is 0. The summed E-state index contributed by atoms with van der Waals surface area (Å²) in [7, 11) is 0. The zero-order valence-electron chi connectivity index (χ0n) is 11.0. The van der Waals surface area contributed by atoms with Gasteiger partial charge in [0.15, 0.2) is 0 Å². The topological polar surface area (TPSA) is 26.0 Å². The van der Waals surface area contributed by atoms with Crippen LogP contribution in [0.2, 0.25) is 10.0 Å². The molecule has 18 heavy (non-hydrogen) atoms. The zero-order valence-corrected chi connectivity index (χ0v) is 12.5. The molecule has 0 bridgehead atoms. The van der Waals surface area contributed by atoms with Gasteiger partial charge in [-0.25, -0.2) is 0 Å². The zero-order chi connectivity index (χ0) is 13.3. The maximum absolute atomic E-state index is 6.41. The Morgan fingerprint density at radius 2 is 1.67 bits per heavy atom. The van der Waals surface area contributed by atoms with Crippen LogP contribution in [0.3, 0.4) is 0 Å². The van der Waals surface area contributed by atoms with Gasteiger partial charge >= 0.3 is 0 Å². The van der Waals surface area contributed by atoms with Crippen molar-refractivity contribution in [1.82, 2.24) is 0 Å². The van der Waals surface area contributed by atoms with Crippen LogP contribution in [0, 0.1) is 17.8 Å². The number of halogens is 2. The fourth-order valence-corrected chi connectivity index (χ4v) is 3.60. The molecule has 0 heterocycles. The molecule has 3 atom stereocenters. The molecule has 0 aromatic heterocycles. The van der Waals surface area contributed by atoms with Gasteiger partial charge in [0, 0.05) is 6.04 Å². The fraction of sp³-hybridized carbons (Fsp3) is 0.600. The Morgan fingerprint density at radius 3 is 2.22 bits per heavy atom. The fourth-order valence-electron chi connectivity index (χ4n) is 3.29. The van der Waals surface area contributed by atoms with Crippen molar-refractivity contribution < 1.29 is 0 Å². The summed E-state index contributed by atoms with van der Waals surface area (Å²) in [6.07, 6.45) is 3.75. The van der Waals surface area contributed by atoms with Crippen molar-refractivity contribution in [3.8, 4) is 0 Å². The molecule has 100 valence electrons. The van der Waals surface area contributed by atoms with E-state index in [9.17, 15) is 0 Å². The Labute approximate surface area is 120 Å². The number of rotatable bonds is 2. The summed E-state index contributed by atoms with van der Waals surface area (Å²) in [5, 5.41) is 1.19. The third kappa shape index (κ3) is 3.20. The van der Waals surface area contributed by atoms with Gasteiger partial charge in [-0.2, -0.15) is 0 Å². The second kappa shape index (κ2) is 5.81. The molecule has 2 N–H and O–H groups in total. The van der Waals surface area contributed by atoms with Crippen LogP contribution in [0.25, 0.3) is 0 Å². The minimum atomic E-state index is 0.0740. The first-order chi connectivity index (χ1) is 8.47. The number of benzene rings is 1. The van der Waals surface area contributed by atoms with Gasteiger partial charge in [-0.05, 0) is 54.7 Å². The third-order valence-electron chi connectivity index (χ3n) is 4.05. The lowest BCUT2D eigenvalue weighted by atomic mass is 9.73. The second-order valence-corrected chi connectivity index (χ2v) is 6.69. The van der Waals surface area contributed by atoms with E-state index in [0.717, 1.165) is 17.4 Å². The SMILES string of the molecule is CC1CC(C)CC(C(N)c2ccc(Cl)c(Cl)c2)C1. The van der Waals surface area contributed by atoms with E-state index >= 15 is 0 Å². The molecule has 1 aliphatic carbocycles. The molecule has 0 radical (unpaired) electrons. The van der Waals surface area contributed by atoms with E-state index < -0.39 is 0 Å². The Morgan fingerprint density at radius 1 is 1.06 bits per heavy atom. The highest BCUT2D eigenvalue weighted by Gasteiger charge is 2.29. The molecule has 0 amide bonds. The van der Waals surface area contributed by atoms with E-state index in [-0.39, 0.29) is 6.04 Å². The minimum absolute atomic E-state index is 0.0740. The number of hydrogen-bond acceptors (Lipinski definition) is 1. The summed E-state index contributed by atoms with van der Waals surface area (Å²) >= 11 is 12.0. The first kappa shape index (κ1) is 14.2. The monoisotopic (exact) mass is 285 g/mol. The molecular formula is C15H21Cl2N. The van der Waals surface area contributed by atoms with E-state index in [1.54, 1.807) is 0 Å². The normalized spacial score (nSPS) is 30.2. The molecule has 3 heteroatoms. The summed E-state index contributed by atoms with van der Waals surface area (Å²) in [6, 6.07) is 5.83. The molecule has 1 fully saturated rings. The van der Waals surface area contributed by atoms with Crippen molar-refractivity contribution in [1.29, 1.82) is 0 Å². The quantitative estimate of drug-likeness (QED) is 0.807. The molecule has 0 saturated heterocycles. The maximum atomic E-state index is 6.41. The highest BCUT2D eigenvalue weighted by molar-refractivity contribution is 6.42. The summed E-state index contributed by atoms with van der Waals surface area (Å²) in [5.74, 6) is 2.10. The van der Waals surface area contributed by atoms with Crippen molar-refractivity contribution in [2.75, 3.05) is 0 Å². The Hall–Kier alpha value is -0.240. The number of hydrogen-bond donors (Lipinski definition) is 1. The summed E-state index contributed by atoms with van der Waals surface area (Å²) in [5.41, 5.74) is 7.52. The van der Waals surface area contributed by atoms with Gasteiger partial charge in [0.1, 0.15) is 0 Å². The van der Waals surface area contributed by atoms with E-state index in [0.29, 0.717) is 16.0 Å². The Kier molecular flexibility index (Phi) is 4.58. The van der Waals surface area contributed by atoms with Gasteiger partial charge in [0.05, 0.1) is 10.0 Å². The summed E-state index contributed by atoms with van der Waals surface area (Å²) in [6.45, 7) is 4.65. The standard InChI is InChI=1S/C15H21Cl2N/c1-9-5-10(2)7-12(6-9)15(18)11-3-4-13(16)14(17)8-11/h3-4,8-10,12,15H,5-7,18H2,1-2H3. The summed E-state index contributed by atoms with van der Waals surface area (Å²) in [4.78, 5) is 0. The molecule has 1 nitrogen and oxygen atoms in total. The Balaban J connectivity index is 2.14. The lowest BCUT2D eigenvalue weighted by Crippen LogP contribution is -2.29. The molecular weight excluding hydrogens is 265 g/mol. The van der Waals surface area contributed by atoms with Crippen LogP contribution in [0.15, 0.2) is 18.2 Å². The van der Waals surface area contributed by atoms with Crippen LogP contribution in [0.5, 0.6) is 0 Å². The van der Waals surface area contributed by atoms with E-state index in [1.807, 2.05) is 18.2 Å². The highest BCUT2D eigenvalue weighted by Crippen LogP contribution is 2.39. The average Bonchev–Trinajstić information content (AvgIpc) is 2.30. The van der Waals surface area contributed by atoms with E-state index in [4.69, 9.17) is 28.9 Å². The molecule has 0 aliphatic heterocycles. The van der Waals surface area contributed by atoms with Crippen LogP contribution in [-0.4, -0.2) is 0 Å². The van der Waals surface area contributed by atoms with Crippen LogP contribution >= 0.6 is 23.2 Å². The van der Waals surface area contributed by atoms with Crippen LogP contribution in [-0.2, 0) is 0 Å². The van der Waals surface area contributed by atoms with Gasteiger partial charge in [-0.15, -0.1) is 0 Å². The second-order valence-electron chi connectivity index (χ2n) is 5.88. The molecule has 1 aliphatic rings. The minimum Gasteiger partial charge on any atom is -0.324 e. The molecule has 1 aromatic carbocycles. The first-order valence-electron chi connectivity index (χ1n) is 6.68. The molecule has 1 aromatic rings. The first-order valence-corrected chi connectivity index (χ1v) is 7.43. The predicted octanol–water partition coefficient (Wildman–Crippen LogP) is 5.07. The predicted molar refractivity (Wildman–Crippen MR) is 79.1 cm³/mol. The van der Waals surface area contributed by atoms with Gasteiger partial charge in [0.25, 0.3) is 0 Å². The van der Waals surface area contributed by atoms with E-state index in [2.05, 4.69) is 13.8 Å². The average molecular weight is 286 g/mol. The van der Waals surface area contributed by atoms with Crippen LogP contribution < -0.4 is 5.73 Å². The maximum Gasteiger partial charge on any atom is 0.0595 e. The molecule has 1 saturated carbocycles. The third-order valence-corrected chi connectivity index (χ3v) is 4.79. The number of nitrogens with two attached hydrogens (primary N) is 1.